The number of piperazine rings is 1. The van der Waals surface area contributed by atoms with Crippen molar-refractivity contribution in [3.63, 3.8) is 0 Å². The van der Waals surface area contributed by atoms with Crippen molar-refractivity contribution in [2.45, 2.75) is 58.3 Å². The third kappa shape index (κ3) is 4.10. The molecular weight excluding hydrogens is 342 g/mol. The van der Waals surface area contributed by atoms with E-state index in [0.29, 0.717) is 0 Å². The zero-order valence-electron chi connectivity index (χ0n) is 17.9. The molecule has 1 aromatic carbocycles. The highest BCUT2D eigenvalue weighted by Crippen LogP contribution is 2.38. The zero-order valence-corrected chi connectivity index (χ0v) is 17.9. The van der Waals surface area contributed by atoms with Crippen LogP contribution in [0.15, 0.2) is 36.4 Å². The lowest BCUT2D eigenvalue weighted by molar-refractivity contribution is 0.253. The van der Waals surface area contributed by atoms with E-state index in [1.165, 1.54) is 55.3 Å². The van der Waals surface area contributed by atoms with E-state index in [0.717, 1.165) is 37.7 Å². The van der Waals surface area contributed by atoms with Gasteiger partial charge in [-0.1, -0.05) is 45.4 Å². The van der Waals surface area contributed by atoms with Crippen molar-refractivity contribution in [2.75, 3.05) is 37.6 Å². The molecule has 0 radical (unpaired) electrons. The molecule has 3 nitrogen and oxygen atoms in total. The zero-order chi connectivity index (χ0) is 19.6. The standard InChI is InChI=1S/C25H35N3/c1-4-5-14-27-15-17-28(18-16-27)24-10-6-9-23(26-24)21-12-11-20-8-7-13-25(2,3)22(20)19-21/h6,9-12,19H,4-5,7-8,13-18H2,1-3H3. The smallest absolute Gasteiger partial charge is 0.129 e. The minimum atomic E-state index is 0.274. The van der Waals surface area contributed by atoms with Gasteiger partial charge in [0.15, 0.2) is 0 Å². The first-order valence-electron chi connectivity index (χ1n) is 11.1. The van der Waals surface area contributed by atoms with Gasteiger partial charge in [-0.15, -0.1) is 0 Å². The van der Waals surface area contributed by atoms with E-state index < -0.39 is 0 Å². The summed E-state index contributed by atoms with van der Waals surface area (Å²) in [5, 5.41) is 0. The Morgan fingerprint density at radius 1 is 1.04 bits per heavy atom. The lowest BCUT2D eigenvalue weighted by Crippen LogP contribution is -2.46. The molecule has 0 bridgehead atoms. The van der Waals surface area contributed by atoms with Crippen LogP contribution in [-0.2, 0) is 11.8 Å². The molecule has 28 heavy (non-hydrogen) atoms. The molecule has 1 aromatic heterocycles. The Hall–Kier alpha value is -1.87. The Morgan fingerprint density at radius 3 is 2.64 bits per heavy atom. The van der Waals surface area contributed by atoms with E-state index in [-0.39, 0.29) is 5.41 Å². The number of aromatic nitrogens is 1. The van der Waals surface area contributed by atoms with Crippen molar-refractivity contribution >= 4 is 5.82 Å². The quantitative estimate of drug-likeness (QED) is 0.706. The molecule has 2 heterocycles. The summed E-state index contributed by atoms with van der Waals surface area (Å²) in [5.41, 5.74) is 5.69. The van der Waals surface area contributed by atoms with Crippen LogP contribution in [0, 0.1) is 0 Å². The molecule has 0 spiro atoms. The summed E-state index contributed by atoms with van der Waals surface area (Å²) in [6.45, 7) is 12.7. The predicted molar refractivity (Wildman–Crippen MR) is 119 cm³/mol. The number of benzene rings is 1. The first-order chi connectivity index (χ1) is 13.6. The van der Waals surface area contributed by atoms with Gasteiger partial charge in [-0.05, 0) is 67.0 Å². The molecule has 1 saturated heterocycles. The highest BCUT2D eigenvalue weighted by Gasteiger charge is 2.27. The largest absolute Gasteiger partial charge is 0.354 e. The summed E-state index contributed by atoms with van der Waals surface area (Å²) in [6.07, 6.45) is 6.38. The summed E-state index contributed by atoms with van der Waals surface area (Å²) in [5.74, 6) is 1.13. The topological polar surface area (TPSA) is 19.4 Å². The SMILES string of the molecule is CCCCN1CCN(c2cccc(-c3ccc4c(c3)C(C)(C)CCC4)n2)CC1. The molecule has 0 N–H and O–H groups in total. The van der Waals surface area contributed by atoms with Crippen LogP contribution in [0.1, 0.15) is 57.6 Å². The fraction of sp³-hybridized carbons (Fsp3) is 0.560. The molecular formula is C25H35N3. The highest BCUT2D eigenvalue weighted by molar-refractivity contribution is 5.64. The Labute approximate surface area is 170 Å². The summed E-state index contributed by atoms with van der Waals surface area (Å²) in [7, 11) is 0. The second-order valence-electron chi connectivity index (χ2n) is 9.17. The maximum Gasteiger partial charge on any atom is 0.129 e. The molecule has 0 unspecified atom stereocenters. The van der Waals surface area contributed by atoms with Crippen LogP contribution in [0.3, 0.4) is 0 Å². The van der Waals surface area contributed by atoms with Gasteiger partial charge in [0.2, 0.25) is 0 Å². The van der Waals surface area contributed by atoms with Crippen molar-refractivity contribution in [3.8, 4) is 11.3 Å². The molecule has 3 heteroatoms. The number of nitrogens with zero attached hydrogens (tertiary/aromatic N) is 3. The molecule has 1 aliphatic carbocycles. The Kier molecular flexibility index (Phi) is 5.73. The summed E-state index contributed by atoms with van der Waals surface area (Å²) in [6, 6.07) is 13.5. The van der Waals surface area contributed by atoms with E-state index in [1.54, 1.807) is 0 Å². The number of anilines is 1. The first kappa shape index (κ1) is 19.4. The molecule has 150 valence electrons. The number of fused-ring (bicyclic) bond motifs is 1. The van der Waals surface area contributed by atoms with Gasteiger partial charge in [0, 0.05) is 31.7 Å². The molecule has 2 aliphatic rings. The number of hydrogen-bond acceptors (Lipinski definition) is 3. The van der Waals surface area contributed by atoms with Crippen LogP contribution in [0.25, 0.3) is 11.3 Å². The van der Waals surface area contributed by atoms with Crippen LogP contribution >= 0.6 is 0 Å². The van der Waals surface area contributed by atoms with Gasteiger partial charge < -0.3 is 4.90 Å². The van der Waals surface area contributed by atoms with Gasteiger partial charge in [0.25, 0.3) is 0 Å². The van der Waals surface area contributed by atoms with Crippen LogP contribution in [0.2, 0.25) is 0 Å². The van der Waals surface area contributed by atoms with Crippen LogP contribution in [0.4, 0.5) is 5.82 Å². The molecule has 4 rings (SSSR count). The Morgan fingerprint density at radius 2 is 1.86 bits per heavy atom. The van der Waals surface area contributed by atoms with E-state index >= 15 is 0 Å². The number of hydrogen-bond donors (Lipinski definition) is 0. The first-order valence-corrected chi connectivity index (χ1v) is 11.1. The van der Waals surface area contributed by atoms with E-state index in [2.05, 4.69) is 67.0 Å². The summed E-state index contributed by atoms with van der Waals surface area (Å²) in [4.78, 5) is 10.1. The van der Waals surface area contributed by atoms with E-state index in [1.807, 2.05) is 0 Å². The fourth-order valence-corrected chi connectivity index (χ4v) is 4.78. The number of unbranched alkanes of at least 4 members (excludes halogenated alkanes) is 1. The third-order valence-electron chi connectivity index (χ3n) is 6.64. The second-order valence-corrected chi connectivity index (χ2v) is 9.17. The maximum absolute atomic E-state index is 5.06. The molecule has 0 saturated carbocycles. The lowest BCUT2D eigenvalue weighted by Gasteiger charge is -2.35. The Bertz CT molecular complexity index is 803. The average molecular weight is 378 g/mol. The van der Waals surface area contributed by atoms with Crippen molar-refractivity contribution < 1.29 is 0 Å². The van der Waals surface area contributed by atoms with Crippen LogP contribution in [-0.4, -0.2) is 42.6 Å². The summed E-state index contributed by atoms with van der Waals surface area (Å²) >= 11 is 0. The minimum absolute atomic E-state index is 0.274. The minimum Gasteiger partial charge on any atom is -0.354 e. The van der Waals surface area contributed by atoms with Crippen molar-refractivity contribution in [2.24, 2.45) is 0 Å². The van der Waals surface area contributed by atoms with Gasteiger partial charge in [-0.2, -0.15) is 0 Å². The van der Waals surface area contributed by atoms with E-state index in [9.17, 15) is 0 Å². The maximum atomic E-state index is 5.06. The second kappa shape index (κ2) is 8.24. The number of aryl methyl sites for hydroxylation is 1. The number of pyridine rings is 1. The highest BCUT2D eigenvalue weighted by atomic mass is 15.3. The molecule has 2 aromatic rings. The monoisotopic (exact) mass is 377 g/mol. The molecule has 1 aliphatic heterocycles. The van der Waals surface area contributed by atoms with Gasteiger partial charge in [-0.25, -0.2) is 4.98 Å². The van der Waals surface area contributed by atoms with Crippen molar-refractivity contribution in [3.05, 3.63) is 47.5 Å². The Balaban J connectivity index is 1.52. The molecule has 0 amide bonds. The lowest BCUT2D eigenvalue weighted by atomic mass is 9.72. The van der Waals surface area contributed by atoms with Gasteiger partial charge in [0.05, 0.1) is 5.69 Å². The number of rotatable bonds is 5. The van der Waals surface area contributed by atoms with Crippen molar-refractivity contribution in [1.29, 1.82) is 0 Å². The van der Waals surface area contributed by atoms with Gasteiger partial charge >= 0.3 is 0 Å². The van der Waals surface area contributed by atoms with Gasteiger partial charge in [-0.3, -0.25) is 4.90 Å². The van der Waals surface area contributed by atoms with Crippen molar-refractivity contribution in [1.82, 2.24) is 9.88 Å². The van der Waals surface area contributed by atoms with Crippen LogP contribution in [0.5, 0.6) is 0 Å². The van der Waals surface area contributed by atoms with E-state index in [4.69, 9.17) is 4.98 Å². The molecule has 0 atom stereocenters. The average Bonchev–Trinajstić information content (AvgIpc) is 2.72. The molecule has 1 fully saturated rings. The van der Waals surface area contributed by atoms with Gasteiger partial charge in [0.1, 0.15) is 5.82 Å². The third-order valence-corrected chi connectivity index (χ3v) is 6.64. The normalized spacial score (nSPS) is 19.5. The summed E-state index contributed by atoms with van der Waals surface area (Å²) < 4.78 is 0. The van der Waals surface area contributed by atoms with Crippen LogP contribution < -0.4 is 4.90 Å². The fourth-order valence-electron chi connectivity index (χ4n) is 4.78. The predicted octanol–water partition coefficient (Wildman–Crippen LogP) is 5.28.